The van der Waals surface area contributed by atoms with Gasteiger partial charge in [-0.05, 0) is 26.3 Å². The van der Waals surface area contributed by atoms with Crippen molar-refractivity contribution in [2.75, 3.05) is 18.0 Å². The van der Waals surface area contributed by atoms with Gasteiger partial charge in [0.1, 0.15) is 12.1 Å². The van der Waals surface area contributed by atoms with Gasteiger partial charge in [-0.3, -0.25) is 14.4 Å². The summed E-state index contributed by atoms with van der Waals surface area (Å²) < 4.78 is 4.87. The Morgan fingerprint density at radius 1 is 1.29 bits per heavy atom. The van der Waals surface area contributed by atoms with Gasteiger partial charge in [0.25, 0.3) is 5.56 Å². The zero-order valence-corrected chi connectivity index (χ0v) is 21.0. The number of fused-ring (bicyclic) bond motifs is 2. The van der Waals surface area contributed by atoms with Crippen LogP contribution in [0, 0.1) is 11.3 Å². The minimum absolute atomic E-state index is 0.0861. The number of aryl methyl sites for hydroxylation is 1. The Kier molecular flexibility index (Phi) is 5.99. The van der Waals surface area contributed by atoms with Crippen LogP contribution in [0.15, 0.2) is 35.4 Å². The maximum absolute atomic E-state index is 12.8. The van der Waals surface area contributed by atoms with Crippen molar-refractivity contribution in [1.29, 1.82) is 5.26 Å². The normalized spacial score (nSPS) is 19.9. The molecule has 0 unspecified atom stereocenters. The molecule has 0 spiro atoms. The third-order valence-corrected chi connectivity index (χ3v) is 7.26. The van der Waals surface area contributed by atoms with Crippen LogP contribution in [0.4, 0.5) is 5.69 Å². The van der Waals surface area contributed by atoms with Crippen molar-refractivity contribution in [3.8, 4) is 6.07 Å². The average Bonchev–Trinajstić information content (AvgIpc) is 3.43. The lowest BCUT2D eigenvalue weighted by atomic mass is 10.00. The summed E-state index contributed by atoms with van der Waals surface area (Å²) in [6.07, 6.45) is 4.62. The number of pyridine rings is 1. The molecule has 35 heavy (non-hydrogen) atoms. The minimum Gasteiger partial charge on any atom is -0.364 e. The summed E-state index contributed by atoms with van der Waals surface area (Å²) >= 11 is 6.05. The highest BCUT2D eigenvalue weighted by Gasteiger charge is 2.35. The Labute approximate surface area is 207 Å². The van der Waals surface area contributed by atoms with Crippen LogP contribution in [-0.2, 0) is 13.6 Å². The second-order valence-electron chi connectivity index (χ2n) is 9.20. The van der Waals surface area contributed by atoms with Crippen LogP contribution >= 0.6 is 11.6 Å². The molecule has 5 rings (SSSR count). The van der Waals surface area contributed by atoms with Crippen molar-refractivity contribution < 1.29 is 0 Å². The number of hydrogen-bond acceptors (Lipinski definition) is 7. The standard InChI is InChI=1S/C24H28ClN9O/c1-5-17-13-32(19-10-23(35)30(4)20-14-31(9-7-26)29-24(19)20)15(2)12-33(17)16(3)18-6-8-34-22(27-18)11-21(25)28-34/h6,8,10-11,14-17H,5,9,12-13H2,1-4H3/t15-,16-,17+/m0/s1. The van der Waals surface area contributed by atoms with Gasteiger partial charge >= 0.3 is 0 Å². The number of nitriles is 1. The fourth-order valence-electron chi connectivity index (χ4n) is 5.12. The Bertz CT molecular complexity index is 1500. The maximum Gasteiger partial charge on any atom is 0.252 e. The molecule has 0 saturated carbocycles. The van der Waals surface area contributed by atoms with E-state index in [1.165, 1.54) is 0 Å². The molecule has 0 aliphatic carbocycles. The number of anilines is 1. The molecule has 10 nitrogen and oxygen atoms in total. The molecule has 1 saturated heterocycles. The average molecular weight is 494 g/mol. The van der Waals surface area contributed by atoms with E-state index in [1.54, 1.807) is 39.1 Å². The molecule has 3 atom stereocenters. The smallest absolute Gasteiger partial charge is 0.252 e. The number of rotatable bonds is 5. The van der Waals surface area contributed by atoms with Crippen molar-refractivity contribution in [2.45, 2.75) is 51.9 Å². The van der Waals surface area contributed by atoms with Crippen molar-refractivity contribution in [3.63, 3.8) is 0 Å². The van der Waals surface area contributed by atoms with Crippen molar-refractivity contribution >= 4 is 34.0 Å². The predicted octanol–water partition coefficient (Wildman–Crippen LogP) is 3.00. The van der Waals surface area contributed by atoms with Gasteiger partial charge in [-0.25, -0.2) is 9.50 Å². The Hall–Kier alpha value is -3.42. The largest absolute Gasteiger partial charge is 0.364 e. The Morgan fingerprint density at radius 3 is 2.83 bits per heavy atom. The molecule has 0 amide bonds. The molecule has 0 radical (unpaired) electrons. The van der Waals surface area contributed by atoms with Gasteiger partial charge in [0.05, 0.1) is 29.2 Å². The molecule has 182 valence electrons. The highest BCUT2D eigenvalue weighted by atomic mass is 35.5. The van der Waals surface area contributed by atoms with Gasteiger partial charge < -0.3 is 9.47 Å². The summed E-state index contributed by atoms with van der Waals surface area (Å²) in [5.41, 5.74) is 3.92. The number of piperazine rings is 1. The van der Waals surface area contributed by atoms with Crippen LogP contribution in [0.2, 0.25) is 5.15 Å². The molecule has 1 fully saturated rings. The topological polar surface area (TPSA) is 100 Å². The summed E-state index contributed by atoms with van der Waals surface area (Å²) in [6.45, 7) is 8.25. The van der Waals surface area contributed by atoms with Crippen LogP contribution in [0.3, 0.4) is 0 Å². The molecule has 1 aliphatic heterocycles. The van der Waals surface area contributed by atoms with Crippen molar-refractivity contribution in [3.05, 3.63) is 51.8 Å². The third kappa shape index (κ3) is 4.05. The molecule has 4 aromatic heterocycles. The number of nitrogens with zero attached hydrogens (tertiary/aromatic N) is 9. The molecule has 0 aromatic carbocycles. The number of aromatic nitrogens is 6. The molecular formula is C24H28ClN9O. The first kappa shape index (κ1) is 23.3. The van der Waals surface area contributed by atoms with E-state index in [4.69, 9.17) is 21.8 Å². The van der Waals surface area contributed by atoms with Gasteiger partial charge in [-0.1, -0.05) is 18.5 Å². The molecule has 11 heteroatoms. The first-order chi connectivity index (χ1) is 16.8. The summed E-state index contributed by atoms with van der Waals surface area (Å²) in [4.78, 5) is 22.4. The van der Waals surface area contributed by atoms with E-state index in [9.17, 15) is 4.79 Å². The van der Waals surface area contributed by atoms with Crippen molar-refractivity contribution in [1.82, 2.24) is 33.8 Å². The summed E-state index contributed by atoms with van der Waals surface area (Å²) in [5.74, 6) is 0. The van der Waals surface area contributed by atoms with E-state index in [2.05, 4.69) is 46.8 Å². The zero-order chi connectivity index (χ0) is 24.9. The molecule has 1 aliphatic rings. The zero-order valence-electron chi connectivity index (χ0n) is 20.3. The molecule has 0 bridgehead atoms. The highest BCUT2D eigenvalue weighted by molar-refractivity contribution is 6.29. The minimum atomic E-state index is -0.0861. The summed E-state index contributed by atoms with van der Waals surface area (Å²) in [5, 5.41) is 18.4. The SMILES string of the molecule is CC[C@@H]1CN(c2cc(=O)n(C)c3cn(CC#N)nc23)[C@@H](C)CN1[C@@H](C)c1ccn2nc(Cl)cc2n1. The van der Waals surface area contributed by atoms with E-state index in [1.807, 2.05) is 12.3 Å². The Balaban J connectivity index is 1.48. The fourth-order valence-corrected chi connectivity index (χ4v) is 5.30. The monoisotopic (exact) mass is 493 g/mol. The predicted molar refractivity (Wildman–Crippen MR) is 135 cm³/mol. The Morgan fingerprint density at radius 2 is 2.09 bits per heavy atom. The summed E-state index contributed by atoms with van der Waals surface area (Å²) in [7, 11) is 1.74. The second-order valence-corrected chi connectivity index (χ2v) is 9.59. The lowest BCUT2D eigenvalue weighted by Crippen LogP contribution is -2.58. The second kappa shape index (κ2) is 8.98. The van der Waals surface area contributed by atoms with Crippen LogP contribution in [0.1, 0.15) is 38.9 Å². The van der Waals surface area contributed by atoms with Gasteiger partial charge in [-0.2, -0.15) is 15.5 Å². The van der Waals surface area contributed by atoms with E-state index in [0.717, 1.165) is 47.6 Å². The van der Waals surface area contributed by atoms with Gasteiger partial charge in [0.15, 0.2) is 10.8 Å². The highest BCUT2D eigenvalue weighted by Crippen LogP contribution is 2.33. The van der Waals surface area contributed by atoms with E-state index < -0.39 is 0 Å². The van der Waals surface area contributed by atoms with Crippen LogP contribution in [0.5, 0.6) is 0 Å². The van der Waals surface area contributed by atoms with Crippen LogP contribution < -0.4 is 10.5 Å². The number of hydrogen-bond donors (Lipinski definition) is 0. The van der Waals surface area contributed by atoms with Gasteiger partial charge in [0, 0.05) is 56.6 Å². The van der Waals surface area contributed by atoms with Gasteiger partial charge in [-0.15, -0.1) is 0 Å². The third-order valence-electron chi connectivity index (χ3n) is 7.08. The maximum atomic E-state index is 12.8. The first-order valence-electron chi connectivity index (χ1n) is 11.8. The molecule has 0 N–H and O–H groups in total. The van der Waals surface area contributed by atoms with Gasteiger partial charge in [0.2, 0.25) is 0 Å². The summed E-state index contributed by atoms with van der Waals surface area (Å²) in [6, 6.07) is 8.06. The molecule has 4 aromatic rings. The van der Waals surface area contributed by atoms with Crippen molar-refractivity contribution in [2.24, 2.45) is 7.05 Å². The molecule has 5 heterocycles. The van der Waals surface area contributed by atoms with Crippen LogP contribution in [-0.4, -0.2) is 59.0 Å². The quantitative estimate of drug-likeness (QED) is 0.421. The first-order valence-corrected chi connectivity index (χ1v) is 12.2. The fraction of sp³-hybridized carbons (Fsp3) is 0.458. The van der Waals surface area contributed by atoms with E-state index >= 15 is 0 Å². The van der Waals surface area contributed by atoms with E-state index in [-0.39, 0.29) is 30.2 Å². The lowest BCUT2D eigenvalue weighted by Gasteiger charge is -2.48. The molecular weight excluding hydrogens is 466 g/mol. The van der Waals surface area contributed by atoms with E-state index in [0.29, 0.717) is 5.15 Å². The number of halogens is 1. The lowest BCUT2D eigenvalue weighted by molar-refractivity contribution is 0.104. The van der Waals surface area contributed by atoms with Crippen LogP contribution in [0.25, 0.3) is 16.7 Å².